The molecule has 118 valence electrons. The number of rotatable bonds is 5. The normalized spacial score (nSPS) is 12.1. The van der Waals surface area contributed by atoms with E-state index in [0.717, 1.165) is 16.9 Å². The Labute approximate surface area is 145 Å². The third kappa shape index (κ3) is 3.87. The molecule has 0 saturated carbocycles. The van der Waals surface area contributed by atoms with E-state index in [1.165, 1.54) is 0 Å². The summed E-state index contributed by atoms with van der Waals surface area (Å²) in [6, 6.07) is 13.6. The SMILES string of the molecule is CC(Oc1ccccc1Cn1ccnc1)c1ccc(Cl)c(Cl)c1. The number of benzene rings is 2. The van der Waals surface area contributed by atoms with E-state index >= 15 is 0 Å². The second-order valence-electron chi connectivity index (χ2n) is 5.28. The third-order valence-electron chi connectivity index (χ3n) is 3.60. The minimum atomic E-state index is -0.131. The predicted molar refractivity (Wildman–Crippen MR) is 93.3 cm³/mol. The van der Waals surface area contributed by atoms with E-state index in [1.807, 2.05) is 48.0 Å². The van der Waals surface area contributed by atoms with Crippen LogP contribution in [0.4, 0.5) is 0 Å². The zero-order valence-electron chi connectivity index (χ0n) is 12.6. The Hall–Kier alpha value is -1.97. The van der Waals surface area contributed by atoms with Crippen molar-refractivity contribution in [2.75, 3.05) is 0 Å². The van der Waals surface area contributed by atoms with Crippen LogP contribution in [0.1, 0.15) is 24.2 Å². The van der Waals surface area contributed by atoms with E-state index in [0.29, 0.717) is 16.6 Å². The summed E-state index contributed by atoms with van der Waals surface area (Å²) in [6.07, 6.45) is 5.36. The number of aromatic nitrogens is 2. The summed E-state index contributed by atoms with van der Waals surface area (Å²) in [4.78, 5) is 4.07. The van der Waals surface area contributed by atoms with Crippen molar-refractivity contribution in [3.05, 3.63) is 82.4 Å². The first-order valence-electron chi connectivity index (χ1n) is 7.29. The molecule has 3 nitrogen and oxygen atoms in total. The van der Waals surface area contributed by atoms with Gasteiger partial charge in [0, 0.05) is 18.0 Å². The molecule has 0 aliphatic carbocycles. The molecule has 0 aliphatic rings. The highest BCUT2D eigenvalue weighted by Crippen LogP contribution is 2.29. The van der Waals surface area contributed by atoms with Gasteiger partial charge in [-0.3, -0.25) is 0 Å². The Bertz CT molecular complexity index is 787. The summed E-state index contributed by atoms with van der Waals surface area (Å²) < 4.78 is 8.15. The number of halogens is 2. The molecule has 0 radical (unpaired) electrons. The van der Waals surface area contributed by atoms with Crippen LogP contribution in [-0.4, -0.2) is 9.55 Å². The Morgan fingerprint density at radius 1 is 1.13 bits per heavy atom. The molecule has 0 spiro atoms. The summed E-state index contributed by atoms with van der Waals surface area (Å²) in [5, 5.41) is 1.08. The van der Waals surface area contributed by atoms with Gasteiger partial charge in [-0.25, -0.2) is 4.98 Å². The highest BCUT2D eigenvalue weighted by atomic mass is 35.5. The summed E-state index contributed by atoms with van der Waals surface area (Å²) in [6.45, 7) is 2.71. The Kier molecular flexibility index (Phi) is 4.89. The molecule has 3 rings (SSSR count). The Morgan fingerprint density at radius 2 is 1.96 bits per heavy atom. The van der Waals surface area contributed by atoms with E-state index in [4.69, 9.17) is 27.9 Å². The van der Waals surface area contributed by atoms with Gasteiger partial charge in [0.1, 0.15) is 11.9 Å². The van der Waals surface area contributed by atoms with Gasteiger partial charge < -0.3 is 9.30 Å². The van der Waals surface area contributed by atoms with Crippen molar-refractivity contribution in [3.8, 4) is 5.75 Å². The smallest absolute Gasteiger partial charge is 0.125 e. The van der Waals surface area contributed by atoms with Crippen molar-refractivity contribution in [2.45, 2.75) is 19.6 Å². The van der Waals surface area contributed by atoms with Gasteiger partial charge in [-0.1, -0.05) is 47.5 Å². The zero-order chi connectivity index (χ0) is 16.2. The monoisotopic (exact) mass is 346 g/mol. The fourth-order valence-corrected chi connectivity index (χ4v) is 2.66. The van der Waals surface area contributed by atoms with E-state index in [-0.39, 0.29) is 6.10 Å². The van der Waals surface area contributed by atoms with Crippen molar-refractivity contribution in [1.29, 1.82) is 0 Å². The molecule has 1 aromatic heterocycles. The first-order chi connectivity index (χ1) is 11.1. The largest absolute Gasteiger partial charge is 0.486 e. The molecule has 0 saturated heterocycles. The van der Waals surface area contributed by atoms with Crippen LogP contribution >= 0.6 is 23.2 Å². The highest BCUT2D eigenvalue weighted by molar-refractivity contribution is 6.42. The van der Waals surface area contributed by atoms with Crippen LogP contribution in [0.2, 0.25) is 10.0 Å². The van der Waals surface area contributed by atoms with E-state index < -0.39 is 0 Å². The summed E-state index contributed by atoms with van der Waals surface area (Å²) in [5.41, 5.74) is 2.08. The van der Waals surface area contributed by atoms with E-state index in [2.05, 4.69) is 11.1 Å². The molecule has 0 bridgehead atoms. The second-order valence-corrected chi connectivity index (χ2v) is 6.09. The molecule has 1 heterocycles. The first kappa shape index (κ1) is 15.9. The van der Waals surface area contributed by atoms with Crippen molar-refractivity contribution >= 4 is 23.2 Å². The fraction of sp³-hybridized carbons (Fsp3) is 0.167. The molecule has 23 heavy (non-hydrogen) atoms. The number of hydrogen-bond acceptors (Lipinski definition) is 2. The van der Waals surface area contributed by atoms with Gasteiger partial charge in [0.25, 0.3) is 0 Å². The van der Waals surface area contributed by atoms with Gasteiger partial charge in [-0.2, -0.15) is 0 Å². The molecule has 0 aliphatic heterocycles. The lowest BCUT2D eigenvalue weighted by molar-refractivity contribution is 0.224. The van der Waals surface area contributed by atoms with Gasteiger partial charge in [0.2, 0.25) is 0 Å². The van der Waals surface area contributed by atoms with Crippen molar-refractivity contribution in [1.82, 2.24) is 9.55 Å². The second kappa shape index (κ2) is 7.07. The number of para-hydroxylation sites is 1. The Balaban J connectivity index is 1.80. The summed E-state index contributed by atoms with van der Waals surface area (Å²) in [5.74, 6) is 0.847. The standard InChI is InChI=1S/C18H16Cl2N2O/c1-13(14-6-7-16(19)17(20)10-14)23-18-5-3-2-4-15(18)11-22-9-8-21-12-22/h2-10,12-13H,11H2,1H3. The summed E-state index contributed by atoms with van der Waals surface area (Å²) in [7, 11) is 0. The van der Waals surface area contributed by atoms with Crippen molar-refractivity contribution in [2.24, 2.45) is 0 Å². The van der Waals surface area contributed by atoms with E-state index in [1.54, 1.807) is 18.6 Å². The first-order valence-corrected chi connectivity index (χ1v) is 8.04. The van der Waals surface area contributed by atoms with Crippen LogP contribution in [0.5, 0.6) is 5.75 Å². The number of ether oxygens (including phenoxy) is 1. The lowest BCUT2D eigenvalue weighted by Gasteiger charge is -2.18. The fourth-order valence-electron chi connectivity index (χ4n) is 2.35. The molecule has 5 heteroatoms. The average Bonchev–Trinajstić information content (AvgIpc) is 3.05. The number of nitrogens with zero attached hydrogens (tertiary/aromatic N) is 2. The van der Waals surface area contributed by atoms with Crippen LogP contribution in [0.3, 0.4) is 0 Å². The highest BCUT2D eigenvalue weighted by Gasteiger charge is 2.12. The zero-order valence-corrected chi connectivity index (χ0v) is 14.1. The van der Waals surface area contributed by atoms with Gasteiger partial charge in [0.05, 0.1) is 22.9 Å². The number of imidazole rings is 1. The van der Waals surface area contributed by atoms with Crippen LogP contribution in [0.25, 0.3) is 0 Å². The van der Waals surface area contributed by atoms with Gasteiger partial charge in [0.15, 0.2) is 0 Å². The maximum atomic E-state index is 6.14. The van der Waals surface area contributed by atoms with Crippen LogP contribution in [0.15, 0.2) is 61.2 Å². The molecule has 0 amide bonds. The predicted octanol–water partition coefficient (Wildman–Crippen LogP) is 5.38. The topological polar surface area (TPSA) is 27.1 Å². The average molecular weight is 347 g/mol. The van der Waals surface area contributed by atoms with Gasteiger partial charge in [-0.15, -0.1) is 0 Å². The third-order valence-corrected chi connectivity index (χ3v) is 4.34. The molecule has 2 aromatic carbocycles. The molecular formula is C18H16Cl2N2O. The van der Waals surface area contributed by atoms with Crippen LogP contribution in [-0.2, 0) is 6.54 Å². The van der Waals surface area contributed by atoms with Crippen LogP contribution in [0, 0.1) is 0 Å². The molecule has 1 unspecified atom stereocenters. The quantitative estimate of drug-likeness (QED) is 0.620. The van der Waals surface area contributed by atoms with Gasteiger partial charge >= 0.3 is 0 Å². The van der Waals surface area contributed by atoms with Gasteiger partial charge in [-0.05, 0) is 30.7 Å². The maximum Gasteiger partial charge on any atom is 0.125 e. The number of hydrogen-bond donors (Lipinski definition) is 0. The maximum absolute atomic E-state index is 6.14. The molecule has 0 N–H and O–H groups in total. The van der Waals surface area contributed by atoms with Crippen LogP contribution < -0.4 is 4.74 Å². The molecule has 1 atom stereocenters. The molecule has 0 fully saturated rings. The lowest BCUT2D eigenvalue weighted by atomic mass is 10.1. The minimum absolute atomic E-state index is 0.131. The van der Waals surface area contributed by atoms with Crippen molar-refractivity contribution < 1.29 is 4.74 Å². The minimum Gasteiger partial charge on any atom is -0.486 e. The molecular weight excluding hydrogens is 331 g/mol. The lowest BCUT2D eigenvalue weighted by Crippen LogP contribution is -2.06. The van der Waals surface area contributed by atoms with E-state index in [9.17, 15) is 0 Å². The van der Waals surface area contributed by atoms with Crippen molar-refractivity contribution in [3.63, 3.8) is 0 Å². The summed E-state index contributed by atoms with van der Waals surface area (Å²) >= 11 is 12.1. The Morgan fingerprint density at radius 3 is 2.70 bits per heavy atom. The molecule has 3 aromatic rings.